The van der Waals surface area contributed by atoms with E-state index in [4.69, 9.17) is 9.84 Å². The van der Waals surface area contributed by atoms with Crippen LogP contribution < -0.4 is 5.32 Å². The zero-order valence-electron chi connectivity index (χ0n) is 13.7. The van der Waals surface area contributed by atoms with Crippen molar-refractivity contribution in [3.05, 3.63) is 53.9 Å². The third-order valence-corrected chi connectivity index (χ3v) is 3.44. The SMILES string of the molecule is CC(C)n1cc(C(CC(=O)O)NC(=O)OCc2ccccc2)cn1. The van der Waals surface area contributed by atoms with Crippen LogP contribution in [0, 0.1) is 0 Å². The van der Waals surface area contributed by atoms with Gasteiger partial charge in [-0.1, -0.05) is 30.3 Å². The van der Waals surface area contributed by atoms with Crippen molar-refractivity contribution in [1.82, 2.24) is 15.1 Å². The van der Waals surface area contributed by atoms with Crippen LogP contribution in [0.5, 0.6) is 0 Å². The molecule has 1 aromatic heterocycles. The fourth-order valence-electron chi connectivity index (χ4n) is 2.15. The molecular formula is C17H21N3O4. The first-order chi connectivity index (χ1) is 11.5. The van der Waals surface area contributed by atoms with Gasteiger partial charge in [-0.25, -0.2) is 4.79 Å². The molecule has 0 radical (unpaired) electrons. The Bertz CT molecular complexity index is 682. The second-order valence-electron chi connectivity index (χ2n) is 5.70. The number of ether oxygens (including phenoxy) is 1. The number of hydrogen-bond acceptors (Lipinski definition) is 4. The second-order valence-corrected chi connectivity index (χ2v) is 5.70. The number of rotatable bonds is 7. The fourth-order valence-corrected chi connectivity index (χ4v) is 2.15. The van der Waals surface area contributed by atoms with E-state index in [1.54, 1.807) is 17.1 Å². The summed E-state index contributed by atoms with van der Waals surface area (Å²) in [6.07, 6.45) is 2.38. The van der Waals surface area contributed by atoms with Crippen LogP contribution in [-0.2, 0) is 16.1 Å². The van der Waals surface area contributed by atoms with Gasteiger partial charge < -0.3 is 15.2 Å². The van der Waals surface area contributed by atoms with E-state index in [2.05, 4.69) is 10.4 Å². The predicted octanol–water partition coefficient (Wildman–Crippen LogP) is 2.91. The number of amides is 1. The molecule has 0 aliphatic rings. The molecule has 24 heavy (non-hydrogen) atoms. The van der Waals surface area contributed by atoms with Gasteiger partial charge >= 0.3 is 12.1 Å². The summed E-state index contributed by atoms with van der Waals surface area (Å²) >= 11 is 0. The van der Waals surface area contributed by atoms with Crippen LogP contribution in [0.25, 0.3) is 0 Å². The zero-order chi connectivity index (χ0) is 17.5. The molecule has 0 aliphatic heterocycles. The molecule has 7 nitrogen and oxygen atoms in total. The third kappa shape index (κ3) is 5.12. The molecular weight excluding hydrogens is 310 g/mol. The first-order valence-corrected chi connectivity index (χ1v) is 7.68. The molecule has 1 atom stereocenters. The van der Waals surface area contributed by atoms with Gasteiger partial charge in [0.05, 0.1) is 18.7 Å². The van der Waals surface area contributed by atoms with E-state index in [0.29, 0.717) is 5.56 Å². The van der Waals surface area contributed by atoms with Gasteiger partial charge in [0.1, 0.15) is 6.61 Å². The van der Waals surface area contributed by atoms with Gasteiger partial charge in [-0.05, 0) is 19.4 Å². The Labute approximate surface area is 140 Å². The number of carbonyl (C=O) groups is 2. The van der Waals surface area contributed by atoms with E-state index in [0.717, 1.165) is 5.56 Å². The highest BCUT2D eigenvalue weighted by molar-refractivity contribution is 5.71. The molecule has 0 spiro atoms. The number of hydrogen-bond donors (Lipinski definition) is 2. The number of carbonyl (C=O) groups excluding carboxylic acids is 1. The maximum atomic E-state index is 12.0. The molecule has 2 aromatic rings. The Morgan fingerprint density at radius 2 is 2.00 bits per heavy atom. The van der Waals surface area contributed by atoms with Gasteiger partial charge in [0, 0.05) is 17.8 Å². The number of carboxylic acids is 1. The molecule has 1 amide bonds. The normalized spacial score (nSPS) is 12.0. The van der Waals surface area contributed by atoms with E-state index in [1.165, 1.54) is 0 Å². The Balaban J connectivity index is 1.99. The lowest BCUT2D eigenvalue weighted by Crippen LogP contribution is -2.30. The zero-order valence-corrected chi connectivity index (χ0v) is 13.7. The first kappa shape index (κ1) is 17.5. The fraction of sp³-hybridized carbons (Fsp3) is 0.353. The lowest BCUT2D eigenvalue weighted by molar-refractivity contribution is -0.137. The van der Waals surface area contributed by atoms with Crippen LogP contribution in [-0.4, -0.2) is 26.9 Å². The summed E-state index contributed by atoms with van der Waals surface area (Å²) in [5.74, 6) is -1.01. The van der Waals surface area contributed by atoms with Crippen molar-refractivity contribution < 1.29 is 19.4 Å². The molecule has 0 bridgehead atoms. The van der Waals surface area contributed by atoms with Crippen molar-refractivity contribution in [2.24, 2.45) is 0 Å². The van der Waals surface area contributed by atoms with Crippen LogP contribution in [0.2, 0.25) is 0 Å². The molecule has 2 rings (SSSR count). The molecule has 0 fully saturated rings. The molecule has 7 heteroatoms. The Kier molecular flexibility index (Phi) is 5.95. The number of carboxylic acid groups (broad SMARTS) is 1. The van der Waals surface area contributed by atoms with E-state index >= 15 is 0 Å². The summed E-state index contributed by atoms with van der Waals surface area (Å²) in [5, 5.41) is 15.8. The van der Waals surface area contributed by atoms with E-state index in [9.17, 15) is 9.59 Å². The molecule has 0 aliphatic carbocycles. The molecule has 128 valence electrons. The third-order valence-electron chi connectivity index (χ3n) is 3.44. The number of alkyl carbamates (subject to hydrolysis) is 1. The predicted molar refractivity (Wildman–Crippen MR) is 87.4 cm³/mol. The van der Waals surface area contributed by atoms with E-state index in [-0.39, 0.29) is 19.1 Å². The van der Waals surface area contributed by atoms with Gasteiger partial charge in [-0.2, -0.15) is 5.10 Å². The highest BCUT2D eigenvalue weighted by Gasteiger charge is 2.21. The van der Waals surface area contributed by atoms with Crippen molar-refractivity contribution in [2.75, 3.05) is 0 Å². The van der Waals surface area contributed by atoms with Crippen LogP contribution in [0.1, 0.15) is 43.5 Å². The smallest absolute Gasteiger partial charge is 0.407 e. The maximum Gasteiger partial charge on any atom is 0.407 e. The minimum atomic E-state index is -1.01. The highest BCUT2D eigenvalue weighted by atomic mass is 16.5. The molecule has 0 saturated carbocycles. The van der Waals surface area contributed by atoms with Crippen LogP contribution in [0.3, 0.4) is 0 Å². The molecule has 1 aromatic carbocycles. The summed E-state index contributed by atoms with van der Waals surface area (Å²) < 4.78 is 6.86. The Hall–Kier alpha value is -2.83. The average molecular weight is 331 g/mol. The molecule has 1 heterocycles. The van der Waals surface area contributed by atoms with Gasteiger partial charge in [0.2, 0.25) is 0 Å². The lowest BCUT2D eigenvalue weighted by Gasteiger charge is -2.15. The minimum absolute atomic E-state index is 0.123. The number of aliphatic carboxylic acids is 1. The monoisotopic (exact) mass is 331 g/mol. The molecule has 1 unspecified atom stereocenters. The van der Waals surface area contributed by atoms with Crippen molar-refractivity contribution in [3.63, 3.8) is 0 Å². The largest absolute Gasteiger partial charge is 0.481 e. The van der Waals surface area contributed by atoms with Crippen LogP contribution in [0.4, 0.5) is 4.79 Å². The topological polar surface area (TPSA) is 93.5 Å². The summed E-state index contributed by atoms with van der Waals surface area (Å²) in [7, 11) is 0. The standard InChI is InChI=1S/C17H21N3O4/c1-12(2)20-10-14(9-18-20)15(8-16(21)22)19-17(23)24-11-13-6-4-3-5-7-13/h3-7,9-10,12,15H,8,11H2,1-2H3,(H,19,23)(H,21,22). The van der Waals surface area contributed by atoms with Crippen molar-refractivity contribution in [2.45, 2.75) is 39.0 Å². The van der Waals surface area contributed by atoms with E-state index < -0.39 is 18.1 Å². The Morgan fingerprint density at radius 3 is 2.58 bits per heavy atom. The summed E-state index contributed by atoms with van der Waals surface area (Å²) in [6.45, 7) is 4.05. The second kappa shape index (κ2) is 8.14. The van der Waals surface area contributed by atoms with Gasteiger partial charge in [0.25, 0.3) is 0 Å². The Morgan fingerprint density at radius 1 is 1.29 bits per heavy atom. The molecule has 0 saturated heterocycles. The molecule has 2 N–H and O–H groups in total. The van der Waals surface area contributed by atoms with Crippen molar-refractivity contribution in [1.29, 1.82) is 0 Å². The average Bonchev–Trinajstić information content (AvgIpc) is 3.03. The van der Waals surface area contributed by atoms with Crippen molar-refractivity contribution >= 4 is 12.1 Å². The van der Waals surface area contributed by atoms with Gasteiger partial charge in [0.15, 0.2) is 0 Å². The number of nitrogens with zero attached hydrogens (tertiary/aromatic N) is 2. The lowest BCUT2D eigenvalue weighted by atomic mass is 10.1. The van der Waals surface area contributed by atoms with Gasteiger partial charge in [-0.15, -0.1) is 0 Å². The first-order valence-electron chi connectivity index (χ1n) is 7.68. The summed E-state index contributed by atoms with van der Waals surface area (Å²) in [5.41, 5.74) is 1.48. The summed E-state index contributed by atoms with van der Waals surface area (Å²) in [6, 6.07) is 8.71. The van der Waals surface area contributed by atoms with Crippen LogP contribution in [0.15, 0.2) is 42.7 Å². The van der Waals surface area contributed by atoms with Gasteiger partial charge in [-0.3, -0.25) is 9.48 Å². The van der Waals surface area contributed by atoms with E-state index in [1.807, 2.05) is 44.2 Å². The highest BCUT2D eigenvalue weighted by Crippen LogP contribution is 2.18. The number of nitrogens with one attached hydrogen (secondary N) is 1. The minimum Gasteiger partial charge on any atom is -0.481 e. The van der Waals surface area contributed by atoms with Crippen LogP contribution >= 0.6 is 0 Å². The maximum absolute atomic E-state index is 12.0. The quantitative estimate of drug-likeness (QED) is 0.813. The number of aromatic nitrogens is 2. The number of benzene rings is 1. The summed E-state index contributed by atoms with van der Waals surface area (Å²) in [4.78, 5) is 23.0. The van der Waals surface area contributed by atoms with Crippen molar-refractivity contribution in [3.8, 4) is 0 Å².